The van der Waals surface area contributed by atoms with E-state index in [2.05, 4.69) is 41.0 Å². The molecule has 3 heterocycles. The molecule has 2 unspecified atom stereocenters. The highest BCUT2D eigenvalue weighted by atomic mass is 35.5. The van der Waals surface area contributed by atoms with Gasteiger partial charge in [0.05, 0.1) is 11.9 Å². The molecule has 0 aromatic carbocycles. The standard InChI is InChI=1S/C16H24N4.ClH/c1-4-5-12-8-17-14-9-18-16(20-15(12)14)13-6-10(2)19-11(3)7-13;/h8-11,13,19H,4-7H2,1-3H3,(H,18,20);1H. The minimum Gasteiger partial charge on any atom is -0.341 e. The Kier molecular flexibility index (Phi) is 5.22. The molecule has 0 aromatic rings. The Morgan fingerprint density at radius 3 is 2.52 bits per heavy atom. The maximum atomic E-state index is 4.63. The maximum absolute atomic E-state index is 4.63. The number of H-pyrrole nitrogens is 1. The maximum Gasteiger partial charge on any atom is 0.109 e. The van der Waals surface area contributed by atoms with E-state index >= 15 is 0 Å². The van der Waals surface area contributed by atoms with Gasteiger partial charge < -0.3 is 10.3 Å². The van der Waals surface area contributed by atoms with Crippen molar-refractivity contribution in [3.8, 4) is 11.4 Å². The predicted molar refractivity (Wildman–Crippen MR) is 88.3 cm³/mol. The highest BCUT2D eigenvalue weighted by Crippen LogP contribution is 2.31. The molecule has 4 nitrogen and oxygen atoms in total. The first kappa shape index (κ1) is 16.2. The van der Waals surface area contributed by atoms with Crippen LogP contribution in [0.5, 0.6) is 0 Å². The van der Waals surface area contributed by atoms with Gasteiger partial charge in [0, 0.05) is 24.2 Å². The predicted octanol–water partition coefficient (Wildman–Crippen LogP) is 3.53. The molecular weight excluding hydrogens is 284 g/mol. The van der Waals surface area contributed by atoms with E-state index in [4.69, 9.17) is 0 Å². The zero-order chi connectivity index (χ0) is 14.1. The topological polar surface area (TPSA) is 53.6 Å². The molecule has 3 aliphatic rings. The lowest BCUT2D eigenvalue weighted by Crippen LogP contribution is -2.41. The zero-order valence-electron chi connectivity index (χ0n) is 13.0. The molecule has 0 aromatic heterocycles. The minimum absolute atomic E-state index is 0. The highest BCUT2D eigenvalue weighted by Gasteiger charge is 2.26. The van der Waals surface area contributed by atoms with Crippen LogP contribution in [0.2, 0.25) is 0 Å². The Balaban J connectivity index is 0.00000161. The Hall–Kier alpha value is -1.13. The van der Waals surface area contributed by atoms with E-state index in [0.29, 0.717) is 18.0 Å². The first-order chi connectivity index (χ1) is 9.67. The van der Waals surface area contributed by atoms with E-state index in [0.717, 1.165) is 37.2 Å². The summed E-state index contributed by atoms with van der Waals surface area (Å²) in [4.78, 5) is 12.6. The van der Waals surface area contributed by atoms with E-state index in [1.54, 1.807) is 0 Å². The van der Waals surface area contributed by atoms with Gasteiger partial charge in [-0.2, -0.15) is 0 Å². The monoisotopic (exact) mass is 308 g/mol. The molecule has 0 bridgehead atoms. The number of aromatic amines is 1. The Labute approximate surface area is 132 Å². The highest BCUT2D eigenvalue weighted by molar-refractivity contribution is 5.85. The largest absolute Gasteiger partial charge is 0.341 e. The Morgan fingerprint density at radius 2 is 1.86 bits per heavy atom. The molecule has 0 amide bonds. The SMILES string of the molecule is CCCc1cnc2cnc(C3CC(C)NC(C)C3)[nH]c1-2.Cl. The fraction of sp³-hybridized carbons (Fsp3) is 0.625. The summed E-state index contributed by atoms with van der Waals surface area (Å²) in [6, 6.07) is 1.12. The van der Waals surface area contributed by atoms with E-state index in [9.17, 15) is 0 Å². The molecule has 0 aliphatic carbocycles. The van der Waals surface area contributed by atoms with Gasteiger partial charge in [0.25, 0.3) is 0 Å². The third kappa shape index (κ3) is 3.38. The van der Waals surface area contributed by atoms with Gasteiger partial charge in [-0.3, -0.25) is 4.98 Å². The molecule has 3 rings (SSSR count). The Morgan fingerprint density at radius 1 is 1.14 bits per heavy atom. The van der Waals surface area contributed by atoms with Crippen LogP contribution in [-0.4, -0.2) is 27.0 Å². The molecule has 116 valence electrons. The summed E-state index contributed by atoms with van der Waals surface area (Å²) in [6.45, 7) is 6.72. The van der Waals surface area contributed by atoms with E-state index in [-0.39, 0.29) is 12.4 Å². The summed E-state index contributed by atoms with van der Waals surface area (Å²) in [5, 5.41) is 3.59. The van der Waals surface area contributed by atoms with Crippen molar-refractivity contribution in [2.24, 2.45) is 0 Å². The molecular formula is C16H25ClN4. The Bertz CT molecular complexity index is 543. The van der Waals surface area contributed by atoms with Gasteiger partial charge in [-0.05, 0) is 38.7 Å². The zero-order valence-corrected chi connectivity index (χ0v) is 13.8. The van der Waals surface area contributed by atoms with Crippen molar-refractivity contribution in [1.82, 2.24) is 20.3 Å². The molecule has 21 heavy (non-hydrogen) atoms. The first-order valence-corrected chi connectivity index (χ1v) is 7.76. The number of aromatic nitrogens is 3. The lowest BCUT2D eigenvalue weighted by Gasteiger charge is -2.32. The number of halogens is 1. The molecule has 5 heteroatoms. The number of piperidine rings is 1. The van der Waals surface area contributed by atoms with Gasteiger partial charge in [0.1, 0.15) is 11.5 Å². The average Bonchev–Trinajstić information content (AvgIpc) is 2.81. The number of aryl methyl sites for hydroxylation is 1. The normalized spacial score (nSPS) is 25.8. The van der Waals surface area contributed by atoms with Crippen LogP contribution in [0.4, 0.5) is 0 Å². The van der Waals surface area contributed by atoms with Gasteiger partial charge in [-0.25, -0.2) is 4.98 Å². The summed E-state index contributed by atoms with van der Waals surface area (Å²) in [5.74, 6) is 1.65. The van der Waals surface area contributed by atoms with Gasteiger partial charge in [-0.15, -0.1) is 12.4 Å². The number of hydrogen-bond acceptors (Lipinski definition) is 3. The van der Waals surface area contributed by atoms with E-state index in [1.807, 2.05) is 12.4 Å². The second-order valence-electron chi connectivity index (χ2n) is 6.20. The molecule has 3 aliphatic heterocycles. The molecule has 2 N–H and O–H groups in total. The van der Waals surface area contributed by atoms with E-state index < -0.39 is 0 Å². The van der Waals surface area contributed by atoms with Crippen molar-refractivity contribution in [3.05, 3.63) is 23.8 Å². The summed E-state index contributed by atoms with van der Waals surface area (Å²) < 4.78 is 0. The minimum atomic E-state index is 0. The number of fused-ring (bicyclic) bond motifs is 1. The van der Waals surface area contributed by atoms with Crippen molar-refractivity contribution in [2.75, 3.05) is 0 Å². The number of rotatable bonds is 3. The van der Waals surface area contributed by atoms with Crippen molar-refractivity contribution in [3.63, 3.8) is 0 Å². The van der Waals surface area contributed by atoms with Crippen LogP contribution in [0.1, 0.15) is 57.3 Å². The fourth-order valence-electron chi connectivity index (χ4n) is 3.44. The van der Waals surface area contributed by atoms with Crippen LogP contribution < -0.4 is 5.32 Å². The lowest BCUT2D eigenvalue weighted by molar-refractivity contribution is 0.309. The summed E-state index contributed by atoms with van der Waals surface area (Å²) >= 11 is 0. The lowest BCUT2D eigenvalue weighted by atomic mass is 9.88. The summed E-state index contributed by atoms with van der Waals surface area (Å²) in [7, 11) is 0. The van der Waals surface area contributed by atoms with Crippen molar-refractivity contribution < 1.29 is 0 Å². The number of nitrogens with one attached hydrogen (secondary N) is 2. The molecule has 0 radical (unpaired) electrons. The molecule has 0 spiro atoms. The van der Waals surface area contributed by atoms with E-state index in [1.165, 1.54) is 11.3 Å². The average molecular weight is 309 g/mol. The second kappa shape index (κ2) is 6.75. The molecule has 0 saturated carbocycles. The first-order valence-electron chi connectivity index (χ1n) is 7.76. The van der Waals surface area contributed by atoms with Crippen LogP contribution in [0.3, 0.4) is 0 Å². The van der Waals surface area contributed by atoms with Crippen molar-refractivity contribution in [2.45, 2.75) is 64.5 Å². The van der Waals surface area contributed by atoms with Crippen LogP contribution in [0, 0.1) is 0 Å². The smallest absolute Gasteiger partial charge is 0.109 e. The van der Waals surface area contributed by atoms with Crippen LogP contribution >= 0.6 is 12.4 Å². The summed E-state index contributed by atoms with van der Waals surface area (Å²) in [6.07, 6.45) is 8.44. The van der Waals surface area contributed by atoms with Gasteiger partial charge in [0.15, 0.2) is 0 Å². The number of nitrogens with zero attached hydrogens (tertiary/aromatic N) is 2. The van der Waals surface area contributed by atoms with Gasteiger partial charge in [0.2, 0.25) is 0 Å². The van der Waals surface area contributed by atoms with Crippen LogP contribution in [0.15, 0.2) is 12.4 Å². The van der Waals surface area contributed by atoms with Crippen LogP contribution in [0.25, 0.3) is 11.4 Å². The molecule has 1 fully saturated rings. The number of hydrogen-bond donors (Lipinski definition) is 2. The molecule has 1 saturated heterocycles. The quantitative estimate of drug-likeness (QED) is 0.912. The van der Waals surface area contributed by atoms with Gasteiger partial charge >= 0.3 is 0 Å². The van der Waals surface area contributed by atoms with Crippen molar-refractivity contribution in [1.29, 1.82) is 0 Å². The third-order valence-electron chi connectivity index (χ3n) is 4.27. The van der Waals surface area contributed by atoms with Crippen LogP contribution in [-0.2, 0) is 6.42 Å². The second-order valence-corrected chi connectivity index (χ2v) is 6.20. The fourth-order valence-corrected chi connectivity index (χ4v) is 3.44. The van der Waals surface area contributed by atoms with Crippen molar-refractivity contribution >= 4 is 12.4 Å². The van der Waals surface area contributed by atoms with Gasteiger partial charge in [-0.1, -0.05) is 13.3 Å². The molecule has 2 atom stereocenters. The third-order valence-corrected chi connectivity index (χ3v) is 4.27. The summed E-state index contributed by atoms with van der Waals surface area (Å²) in [5.41, 5.74) is 3.50.